The maximum atomic E-state index is 11.5. The highest BCUT2D eigenvalue weighted by atomic mass is 79.9. The third-order valence-corrected chi connectivity index (χ3v) is 4.11. The number of alkyl halides is 1. The van der Waals surface area contributed by atoms with Crippen molar-refractivity contribution in [3.05, 3.63) is 0 Å². The molecule has 1 aliphatic rings. The van der Waals surface area contributed by atoms with Gasteiger partial charge in [0.25, 0.3) is 0 Å². The average molecular weight is 291 g/mol. The van der Waals surface area contributed by atoms with Crippen molar-refractivity contribution >= 4 is 21.8 Å². The smallest absolute Gasteiger partial charge is 0.233 e. The molecule has 0 radical (unpaired) electrons. The van der Waals surface area contributed by atoms with Crippen LogP contribution in [0.5, 0.6) is 0 Å². The molecule has 1 saturated heterocycles. The number of carbonyl (C=O) groups is 1. The average Bonchev–Trinajstić information content (AvgIpc) is 2.34. The van der Waals surface area contributed by atoms with E-state index in [9.17, 15) is 4.79 Å². The summed E-state index contributed by atoms with van der Waals surface area (Å²) in [5.41, 5.74) is 0. The quantitative estimate of drug-likeness (QED) is 0.601. The number of rotatable bonds is 6. The van der Waals surface area contributed by atoms with Gasteiger partial charge in [-0.25, -0.2) is 0 Å². The molecule has 1 aliphatic heterocycles. The predicted molar refractivity (Wildman–Crippen MR) is 70.9 cm³/mol. The highest BCUT2D eigenvalue weighted by Crippen LogP contribution is 2.08. The van der Waals surface area contributed by atoms with Gasteiger partial charge in [0.05, 0.1) is 4.83 Å². The van der Waals surface area contributed by atoms with Gasteiger partial charge in [0.15, 0.2) is 0 Å². The molecule has 1 unspecified atom stereocenters. The van der Waals surface area contributed by atoms with Crippen molar-refractivity contribution in [1.29, 1.82) is 0 Å². The van der Waals surface area contributed by atoms with Gasteiger partial charge in [-0.15, -0.1) is 0 Å². The molecule has 16 heavy (non-hydrogen) atoms. The highest BCUT2D eigenvalue weighted by molar-refractivity contribution is 9.10. The molecule has 94 valence electrons. The predicted octanol–water partition coefficient (Wildman–Crippen LogP) is 2.15. The molecule has 0 aromatic carbocycles. The van der Waals surface area contributed by atoms with E-state index in [0.29, 0.717) is 0 Å². The van der Waals surface area contributed by atoms with Gasteiger partial charge in [-0.05, 0) is 45.3 Å². The second-order valence-corrected chi connectivity index (χ2v) is 5.53. The molecule has 0 bridgehead atoms. The normalized spacial score (nSPS) is 19.4. The largest absolute Gasteiger partial charge is 0.355 e. The first-order valence-corrected chi connectivity index (χ1v) is 7.29. The van der Waals surface area contributed by atoms with E-state index < -0.39 is 0 Å². The molecule has 1 atom stereocenters. The number of halogens is 1. The van der Waals surface area contributed by atoms with Gasteiger partial charge >= 0.3 is 0 Å². The minimum Gasteiger partial charge on any atom is -0.355 e. The van der Waals surface area contributed by atoms with Crippen LogP contribution in [0.3, 0.4) is 0 Å². The number of piperidine rings is 1. The lowest BCUT2D eigenvalue weighted by Crippen LogP contribution is -2.35. The Morgan fingerprint density at radius 2 is 2.06 bits per heavy atom. The second kappa shape index (κ2) is 8.07. The van der Waals surface area contributed by atoms with Crippen molar-refractivity contribution in [2.45, 2.75) is 43.9 Å². The SMILES string of the molecule is CCC(Br)C(=O)NCCCN1CCCCC1. The zero-order valence-electron chi connectivity index (χ0n) is 10.2. The fraction of sp³-hybridized carbons (Fsp3) is 0.917. The van der Waals surface area contributed by atoms with E-state index in [4.69, 9.17) is 0 Å². The Morgan fingerprint density at radius 3 is 2.69 bits per heavy atom. The Morgan fingerprint density at radius 1 is 1.38 bits per heavy atom. The van der Waals surface area contributed by atoms with Crippen LogP contribution in [0, 0.1) is 0 Å². The lowest BCUT2D eigenvalue weighted by Gasteiger charge is -2.26. The third-order valence-electron chi connectivity index (χ3n) is 3.04. The Kier molecular flexibility index (Phi) is 7.05. The first-order valence-electron chi connectivity index (χ1n) is 6.38. The Hall–Kier alpha value is -0.0900. The van der Waals surface area contributed by atoms with Crippen molar-refractivity contribution in [1.82, 2.24) is 10.2 Å². The molecule has 1 rings (SSSR count). The summed E-state index contributed by atoms with van der Waals surface area (Å²) in [6.45, 7) is 6.41. The van der Waals surface area contributed by atoms with E-state index in [-0.39, 0.29) is 10.7 Å². The molecule has 1 fully saturated rings. The van der Waals surface area contributed by atoms with Crippen molar-refractivity contribution in [3.8, 4) is 0 Å². The van der Waals surface area contributed by atoms with Gasteiger partial charge in [-0.3, -0.25) is 4.79 Å². The molecule has 3 nitrogen and oxygen atoms in total. The van der Waals surface area contributed by atoms with Gasteiger partial charge in [0, 0.05) is 6.54 Å². The van der Waals surface area contributed by atoms with E-state index in [2.05, 4.69) is 26.1 Å². The summed E-state index contributed by atoms with van der Waals surface area (Å²) in [6, 6.07) is 0. The molecule has 0 spiro atoms. The van der Waals surface area contributed by atoms with E-state index in [0.717, 1.165) is 25.9 Å². The summed E-state index contributed by atoms with van der Waals surface area (Å²) >= 11 is 3.35. The Labute approximate surface area is 107 Å². The molecular weight excluding hydrogens is 268 g/mol. The molecule has 0 aromatic heterocycles. The highest BCUT2D eigenvalue weighted by Gasteiger charge is 2.12. The van der Waals surface area contributed by atoms with Crippen LogP contribution in [0.2, 0.25) is 0 Å². The lowest BCUT2D eigenvalue weighted by atomic mass is 10.1. The van der Waals surface area contributed by atoms with Crippen molar-refractivity contribution < 1.29 is 4.79 Å². The first-order chi connectivity index (χ1) is 7.74. The molecule has 1 heterocycles. The van der Waals surface area contributed by atoms with Crippen molar-refractivity contribution in [2.75, 3.05) is 26.2 Å². The monoisotopic (exact) mass is 290 g/mol. The van der Waals surface area contributed by atoms with Gasteiger partial charge in [-0.2, -0.15) is 0 Å². The zero-order valence-corrected chi connectivity index (χ0v) is 11.8. The summed E-state index contributed by atoms with van der Waals surface area (Å²) in [5.74, 6) is 0.126. The molecule has 1 N–H and O–H groups in total. The zero-order chi connectivity index (χ0) is 11.8. The number of nitrogens with one attached hydrogen (secondary N) is 1. The second-order valence-electron chi connectivity index (χ2n) is 4.42. The number of nitrogens with zero attached hydrogens (tertiary/aromatic N) is 1. The van der Waals surface area contributed by atoms with E-state index in [1.54, 1.807) is 0 Å². The van der Waals surface area contributed by atoms with Gasteiger partial charge < -0.3 is 10.2 Å². The summed E-state index contributed by atoms with van der Waals surface area (Å²) in [6.07, 6.45) is 5.97. The summed E-state index contributed by atoms with van der Waals surface area (Å²) < 4.78 is 0. The number of hydrogen-bond acceptors (Lipinski definition) is 2. The summed E-state index contributed by atoms with van der Waals surface area (Å²) in [7, 11) is 0. The summed E-state index contributed by atoms with van der Waals surface area (Å²) in [4.78, 5) is 13.9. The minimum absolute atomic E-state index is 0.0255. The molecular formula is C12H23BrN2O. The Bertz CT molecular complexity index is 205. The fourth-order valence-electron chi connectivity index (χ4n) is 1.99. The van der Waals surface area contributed by atoms with Gasteiger partial charge in [0.1, 0.15) is 0 Å². The maximum absolute atomic E-state index is 11.5. The Balaban J connectivity index is 2.00. The van der Waals surface area contributed by atoms with E-state index in [1.807, 2.05) is 6.92 Å². The maximum Gasteiger partial charge on any atom is 0.233 e. The molecule has 1 amide bonds. The molecule has 0 aromatic rings. The molecule has 0 aliphatic carbocycles. The number of hydrogen-bond donors (Lipinski definition) is 1. The van der Waals surface area contributed by atoms with Crippen LogP contribution in [0.25, 0.3) is 0 Å². The fourth-order valence-corrected chi connectivity index (χ4v) is 2.16. The van der Waals surface area contributed by atoms with Gasteiger partial charge in [-0.1, -0.05) is 29.3 Å². The van der Waals surface area contributed by atoms with Crippen LogP contribution in [-0.4, -0.2) is 41.8 Å². The number of carbonyl (C=O) groups excluding carboxylic acids is 1. The minimum atomic E-state index is -0.0255. The standard InChI is InChI=1S/C12H23BrN2O/c1-2-11(13)12(16)14-7-6-10-15-8-4-3-5-9-15/h11H,2-10H2,1H3,(H,14,16). The van der Waals surface area contributed by atoms with E-state index in [1.165, 1.54) is 32.4 Å². The first kappa shape index (κ1) is 14.0. The number of amides is 1. The van der Waals surface area contributed by atoms with Crippen LogP contribution in [-0.2, 0) is 4.79 Å². The molecule has 0 saturated carbocycles. The van der Waals surface area contributed by atoms with Crippen LogP contribution < -0.4 is 5.32 Å². The van der Waals surface area contributed by atoms with E-state index >= 15 is 0 Å². The third kappa shape index (κ3) is 5.30. The molecule has 4 heteroatoms. The summed E-state index contributed by atoms with van der Waals surface area (Å²) in [5, 5.41) is 2.96. The van der Waals surface area contributed by atoms with Crippen LogP contribution in [0.1, 0.15) is 39.0 Å². The van der Waals surface area contributed by atoms with Crippen LogP contribution in [0.15, 0.2) is 0 Å². The van der Waals surface area contributed by atoms with Crippen LogP contribution >= 0.6 is 15.9 Å². The van der Waals surface area contributed by atoms with Crippen molar-refractivity contribution in [2.24, 2.45) is 0 Å². The van der Waals surface area contributed by atoms with Gasteiger partial charge in [0.2, 0.25) is 5.91 Å². The van der Waals surface area contributed by atoms with Crippen molar-refractivity contribution in [3.63, 3.8) is 0 Å². The van der Waals surface area contributed by atoms with Crippen LogP contribution in [0.4, 0.5) is 0 Å². The topological polar surface area (TPSA) is 32.3 Å². The lowest BCUT2D eigenvalue weighted by molar-refractivity contribution is -0.120. The number of likely N-dealkylation sites (tertiary alicyclic amines) is 1.